The number of hydrogen-bond acceptors (Lipinski definition) is 1. The first-order valence-electron chi connectivity index (χ1n) is 8.26. The average molecular weight is 340 g/mol. The van der Waals surface area contributed by atoms with Crippen LogP contribution in [0, 0.1) is 0 Å². The molecule has 25 heavy (non-hydrogen) atoms. The highest BCUT2D eigenvalue weighted by Gasteiger charge is 2.05. The van der Waals surface area contributed by atoms with Crippen molar-refractivity contribution < 1.29 is 0 Å². The zero-order chi connectivity index (χ0) is 16.8. The van der Waals surface area contributed by atoms with E-state index in [1.165, 1.54) is 32.7 Å². The highest BCUT2D eigenvalue weighted by Crippen LogP contribution is 2.31. The first kappa shape index (κ1) is 14.4. The zero-order valence-corrected chi connectivity index (χ0v) is 14.2. The Morgan fingerprint density at radius 2 is 1.24 bits per heavy atom. The maximum Gasteiger partial charge on any atom is 0.129 e. The summed E-state index contributed by atoms with van der Waals surface area (Å²) in [6.07, 6.45) is 0. The minimum atomic E-state index is 0.526. The molecule has 0 saturated carbocycles. The van der Waals surface area contributed by atoms with Gasteiger partial charge in [-0.1, -0.05) is 66.2 Å². The third-order valence-electron chi connectivity index (χ3n) is 4.73. The smallest absolute Gasteiger partial charge is 0.129 e. The van der Waals surface area contributed by atoms with Crippen LogP contribution in [0.3, 0.4) is 0 Å². The molecule has 0 aliphatic heterocycles. The first-order chi connectivity index (χ1) is 12.3. The van der Waals surface area contributed by atoms with E-state index in [0.29, 0.717) is 5.15 Å². The van der Waals surface area contributed by atoms with Gasteiger partial charge in [0, 0.05) is 5.39 Å². The molecule has 0 atom stereocenters. The molecule has 1 nitrogen and oxygen atoms in total. The van der Waals surface area contributed by atoms with Gasteiger partial charge >= 0.3 is 0 Å². The minimum absolute atomic E-state index is 0.526. The fourth-order valence-corrected chi connectivity index (χ4v) is 3.63. The molecule has 0 spiro atoms. The van der Waals surface area contributed by atoms with Crippen LogP contribution in [0.4, 0.5) is 0 Å². The van der Waals surface area contributed by atoms with Crippen molar-refractivity contribution in [3.63, 3.8) is 0 Å². The SMILES string of the molecule is Clc1ccc2cc(-c3ccc4c(ccc5ccccc54)c3)ccc2n1. The van der Waals surface area contributed by atoms with E-state index in [2.05, 4.69) is 71.7 Å². The lowest BCUT2D eigenvalue weighted by Gasteiger charge is -2.08. The molecule has 0 amide bonds. The molecule has 0 fully saturated rings. The van der Waals surface area contributed by atoms with Crippen molar-refractivity contribution in [2.24, 2.45) is 0 Å². The topological polar surface area (TPSA) is 12.9 Å². The molecule has 0 unspecified atom stereocenters. The lowest BCUT2D eigenvalue weighted by Crippen LogP contribution is -1.84. The molecule has 0 N–H and O–H groups in total. The summed E-state index contributed by atoms with van der Waals surface area (Å²) in [7, 11) is 0. The van der Waals surface area contributed by atoms with Gasteiger partial charge < -0.3 is 0 Å². The van der Waals surface area contributed by atoms with Gasteiger partial charge in [0.2, 0.25) is 0 Å². The normalized spacial score (nSPS) is 11.4. The maximum absolute atomic E-state index is 5.98. The Hall–Kier alpha value is -2.90. The second-order valence-electron chi connectivity index (χ2n) is 6.26. The number of nitrogens with zero attached hydrogens (tertiary/aromatic N) is 1. The van der Waals surface area contributed by atoms with Crippen molar-refractivity contribution >= 4 is 44.0 Å². The average Bonchev–Trinajstić information content (AvgIpc) is 2.67. The van der Waals surface area contributed by atoms with E-state index in [4.69, 9.17) is 11.6 Å². The summed E-state index contributed by atoms with van der Waals surface area (Å²) < 4.78 is 0. The molecule has 1 aromatic heterocycles. The first-order valence-corrected chi connectivity index (χ1v) is 8.64. The van der Waals surface area contributed by atoms with Gasteiger partial charge in [-0.3, -0.25) is 0 Å². The Morgan fingerprint density at radius 3 is 2.16 bits per heavy atom. The molecule has 2 heteroatoms. The number of hydrogen-bond donors (Lipinski definition) is 0. The molecule has 5 rings (SSSR count). The third kappa shape index (κ3) is 2.45. The number of benzene rings is 4. The molecular weight excluding hydrogens is 326 g/mol. The van der Waals surface area contributed by atoms with E-state index in [-0.39, 0.29) is 0 Å². The predicted molar refractivity (Wildman–Crippen MR) is 107 cm³/mol. The Bertz CT molecular complexity index is 1260. The van der Waals surface area contributed by atoms with Crippen LogP contribution in [-0.2, 0) is 0 Å². The molecular formula is C23H14ClN. The van der Waals surface area contributed by atoms with Crippen LogP contribution in [0.25, 0.3) is 43.6 Å². The van der Waals surface area contributed by atoms with Gasteiger partial charge in [-0.2, -0.15) is 0 Å². The lowest BCUT2D eigenvalue weighted by atomic mass is 9.97. The van der Waals surface area contributed by atoms with E-state index in [1.807, 2.05) is 18.2 Å². The molecule has 1 heterocycles. The van der Waals surface area contributed by atoms with Gasteiger partial charge in [0.05, 0.1) is 5.52 Å². The second kappa shape index (κ2) is 5.58. The summed E-state index contributed by atoms with van der Waals surface area (Å²) in [5.41, 5.74) is 3.31. The van der Waals surface area contributed by atoms with Crippen molar-refractivity contribution in [2.45, 2.75) is 0 Å². The Morgan fingerprint density at radius 1 is 0.560 bits per heavy atom. The van der Waals surface area contributed by atoms with Crippen molar-refractivity contribution in [1.82, 2.24) is 4.98 Å². The van der Waals surface area contributed by atoms with Crippen molar-refractivity contribution in [2.75, 3.05) is 0 Å². The van der Waals surface area contributed by atoms with Gasteiger partial charge in [-0.15, -0.1) is 0 Å². The number of rotatable bonds is 1. The van der Waals surface area contributed by atoms with Gasteiger partial charge in [0.25, 0.3) is 0 Å². The monoisotopic (exact) mass is 339 g/mol. The molecule has 0 saturated heterocycles. The van der Waals surface area contributed by atoms with E-state index in [0.717, 1.165) is 10.9 Å². The van der Waals surface area contributed by atoms with E-state index < -0.39 is 0 Å². The summed E-state index contributed by atoms with van der Waals surface area (Å²) in [4.78, 5) is 4.36. The van der Waals surface area contributed by atoms with Gasteiger partial charge in [0.15, 0.2) is 0 Å². The summed E-state index contributed by atoms with van der Waals surface area (Å²) in [6.45, 7) is 0. The Kier molecular flexibility index (Phi) is 3.22. The number of aromatic nitrogens is 1. The van der Waals surface area contributed by atoms with Crippen LogP contribution in [0.1, 0.15) is 0 Å². The molecule has 4 aromatic carbocycles. The fraction of sp³-hybridized carbons (Fsp3) is 0. The third-order valence-corrected chi connectivity index (χ3v) is 4.94. The number of pyridine rings is 1. The Balaban J connectivity index is 1.70. The maximum atomic E-state index is 5.98. The van der Waals surface area contributed by atoms with Crippen molar-refractivity contribution in [3.05, 3.63) is 90.1 Å². The highest BCUT2D eigenvalue weighted by molar-refractivity contribution is 6.29. The summed E-state index contributed by atoms with van der Waals surface area (Å²) in [5, 5.41) is 6.74. The highest BCUT2D eigenvalue weighted by atomic mass is 35.5. The van der Waals surface area contributed by atoms with Gasteiger partial charge in [-0.25, -0.2) is 4.98 Å². The van der Waals surface area contributed by atoms with Gasteiger partial charge in [-0.05, 0) is 63.0 Å². The summed E-state index contributed by atoms with van der Waals surface area (Å²) >= 11 is 5.98. The predicted octanol–water partition coefficient (Wildman–Crippen LogP) is 6.86. The fourth-order valence-electron chi connectivity index (χ4n) is 3.47. The number of fused-ring (bicyclic) bond motifs is 4. The van der Waals surface area contributed by atoms with Crippen LogP contribution in [-0.4, -0.2) is 4.98 Å². The Labute approximate surface area is 150 Å². The zero-order valence-electron chi connectivity index (χ0n) is 13.4. The van der Waals surface area contributed by atoms with E-state index in [9.17, 15) is 0 Å². The summed E-state index contributed by atoms with van der Waals surface area (Å²) in [5.74, 6) is 0. The summed E-state index contributed by atoms with van der Waals surface area (Å²) in [6, 6.07) is 29.7. The van der Waals surface area contributed by atoms with E-state index in [1.54, 1.807) is 0 Å². The lowest BCUT2D eigenvalue weighted by molar-refractivity contribution is 1.41. The quantitative estimate of drug-likeness (QED) is 0.240. The van der Waals surface area contributed by atoms with E-state index >= 15 is 0 Å². The van der Waals surface area contributed by atoms with Crippen LogP contribution in [0.2, 0.25) is 5.15 Å². The van der Waals surface area contributed by atoms with Crippen LogP contribution >= 0.6 is 11.6 Å². The molecule has 0 radical (unpaired) electrons. The minimum Gasteiger partial charge on any atom is -0.236 e. The molecule has 5 aromatic rings. The second-order valence-corrected chi connectivity index (χ2v) is 6.65. The van der Waals surface area contributed by atoms with Crippen LogP contribution in [0.15, 0.2) is 84.9 Å². The van der Waals surface area contributed by atoms with Crippen molar-refractivity contribution in [3.8, 4) is 11.1 Å². The molecule has 118 valence electrons. The molecule has 0 bridgehead atoms. The standard InChI is InChI=1S/C23H14ClN/c24-23-12-9-19-14-17(8-11-22(19)25-23)16-7-10-21-18(13-16)6-5-15-3-1-2-4-20(15)21/h1-14H. The van der Waals surface area contributed by atoms with Crippen LogP contribution < -0.4 is 0 Å². The molecule has 0 aliphatic rings. The number of halogens is 1. The molecule has 0 aliphatic carbocycles. The van der Waals surface area contributed by atoms with Gasteiger partial charge in [0.1, 0.15) is 5.15 Å². The van der Waals surface area contributed by atoms with Crippen molar-refractivity contribution in [1.29, 1.82) is 0 Å². The largest absolute Gasteiger partial charge is 0.236 e. The van der Waals surface area contributed by atoms with Crippen LogP contribution in [0.5, 0.6) is 0 Å².